The van der Waals surface area contributed by atoms with E-state index in [0.717, 1.165) is 12.8 Å². The number of nitrogens with zero attached hydrogens (tertiary/aromatic N) is 2. The highest BCUT2D eigenvalue weighted by molar-refractivity contribution is 7.86. The topological polar surface area (TPSA) is 60.9 Å². The molecule has 1 atom stereocenters. The molecule has 0 amide bonds. The minimum Gasteiger partial charge on any atom is -0.395 e. The molecule has 0 saturated carbocycles. The zero-order chi connectivity index (χ0) is 11.5. The van der Waals surface area contributed by atoms with E-state index >= 15 is 0 Å². The second kappa shape index (κ2) is 5.25. The minimum absolute atomic E-state index is 0.0828. The Bertz CT molecular complexity index is 288. The van der Waals surface area contributed by atoms with Crippen LogP contribution in [0.25, 0.3) is 0 Å². The lowest BCUT2D eigenvalue weighted by Gasteiger charge is -2.28. The zero-order valence-corrected chi connectivity index (χ0v) is 10.2. The van der Waals surface area contributed by atoms with Crippen molar-refractivity contribution < 1.29 is 13.5 Å². The fourth-order valence-corrected chi connectivity index (χ4v) is 3.85. The molecule has 0 aromatic rings. The highest BCUT2D eigenvalue weighted by atomic mass is 32.2. The second-order valence-corrected chi connectivity index (χ2v) is 5.56. The second-order valence-electron chi connectivity index (χ2n) is 3.68. The van der Waals surface area contributed by atoms with Crippen LogP contribution in [0.5, 0.6) is 0 Å². The van der Waals surface area contributed by atoms with E-state index in [1.807, 2.05) is 13.8 Å². The summed E-state index contributed by atoms with van der Waals surface area (Å²) < 4.78 is 27.1. The molecule has 0 aromatic carbocycles. The van der Waals surface area contributed by atoms with E-state index in [1.54, 1.807) is 0 Å². The van der Waals surface area contributed by atoms with Crippen LogP contribution in [0.1, 0.15) is 26.7 Å². The third kappa shape index (κ3) is 2.50. The third-order valence-corrected chi connectivity index (χ3v) is 5.10. The van der Waals surface area contributed by atoms with Gasteiger partial charge in [-0.15, -0.1) is 0 Å². The summed E-state index contributed by atoms with van der Waals surface area (Å²) in [7, 11) is -3.36. The van der Waals surface area contributed by atoms with E-state index in [9.17, 15) is 8.42 Å². The van der Waals surface area contributed by atoms with Crippen LogP contribution in [0.2, 0.25) is 0 Å². The molecule has 0 spiro atoms. The Kier molecular flexibility index (Phi) is 4.51. The van der Waals surface area contributed by atoms with E-state index in [4.69, 9.17) is 5.11 Å². The molecule has 0 aliphatic carbocycles. The lowest BCUT2D eigenvalue weighted by Crippen LogP contribution is -2.46. The first-order valence-corrected chi connectivity index (χ1v) is 6.85. The maximum atomic E-state index is 12.1. The van der Waals surface area contributed by atoms with Crippen molar-refractivity contribution in [2.75, 3.05) is 26.2 Å². The van der Waals surface area contributed by atoms with Gasteiger partial charge in [-0.05, 0) is 12.8 Å². The molecule has 0 bridgehead atoms. The summed E-state index contributed by atoms with van der Waals surface area (Å²) in [6.45, 7) is 5.06. The Balaban J connectivity index is 2.84. The van der Waals surface area contributed by atoms with E-state index < -0.39 is 10.2 Å². The van der Waals surface area contributed by atoms with Gasteiger partial charge >= 0.3 is 0 Å². The van der Waals surface area contributed by atoms with Gasteiger partial charge < -0.3 is 5.11 Å². The van der Waals surface area contributed by atoms with Gasteiger partial charge in [-0.3, -0.25) is 0 Å². The summed E-state index contributed by atoms with van der Waals surface area (Å²) in [5.74, 6) is 0. The lowest BCUT2D eigenvalue weighted by atomic mass is 10.2. The average Bonchev–Trinajstić information content (AvgIpc) is 2.67. The Labute approximate surface area is 91.9 Å². The van der Waals surface area contributed by atoms with Gasteiger partial charge in [0.25, 0.3) is 10.2 Å². The Morgan fingerprint density at radius 2 is 2.00 bits per heavy atom. The van der Waals surface area contributed by atoms with Crippen molar-refractivity contribution in [3.05, 3.63) is 0 Å². The number of aliphatic hydroxyl groups excluding tert-OH is 1. The van der Waals surface area contributed by atoms with Gasteiger partial charge in [-0.1, -0.05) is 13.8 Å². The monoisotopic (exact) mass is 236 g/mol. The van der Waals surface area contributed by atoms with Gasteiger partial charge in [0.2, 0.25) is 0 Å². The van der Waals surface area contributed by atoms with Crippen LogP contribution in [-0.2, 0) is 10.2 Å². The van der Waals surface area contributed by atoms with Gasteiger partial charge in [-0.25, -0.2) is 0 Å². The van der Waals surface area contributed by atoms with Crippen LogP contribution in [-0.4, -0.2) is 54.4 Å². The predicted octanol–water partition coefficient (Wildman–Crippen LogP) is 0.0297. The van der Waals surface area contributed by atoms with Gasteiger partial charge in [0.15, 0.2) is 0 Å². The zero-order valence-electron chi connectivity index (χ0n) is 9.39. The molecule has 90 valence electrons. The molecule has 1 rings (SSSR count). The van der Waals surface area contributed by atoms with Gasteiger partial charge in [0.1, 0.15) is 0 Å². The van der Waals surface area contributed by atoms with Gasteiger partial charge in [0.05, 0.1) is 6.61 Å². The average molecular weight is 236 g/mol. The van der Waals surface area contributed by atoms with Crippen LogP contribution >= 0.6 is 0 Å². The van der Waals surface area contributed by atoms with Crippen molar-refractivity contribution >= 4 is 10.2 Å². The summed E-state index contributed by atoms with van der Waals surface area (Å²) in [4.78, 5) is 0. The maximum absolute atomic E-state index is 12.1. The Morgan fingerprint density at radius 1 is 1.40 bits per heavy atom. The molecule has 15 heavy (non-hydrogen) atoms. The molecule has 1 aliphatic rings. The van der Waals surface area contributed by atoms with Crippen molar-refractivity contribution in [3.63, 3.8) is 0 Å². The van der Waals surface area contributed by atoms with Gasteiger partial charge in [-0.2, -0.15) is 17.0 Å². The lowest BCUT2D eigenvalue weighted by molar-refractivity contribution is 0.206. The summed E-state index contributed by atoms with van der Waals surface area (Å²) in [6, 6.07) is -0.226. The molecule has 0 unspecified atom stereocenters. The molecule has 1 N–H and O–H groups in total. The largest absolute Gasteiger partial charge is 0.395 e. The van der Waals surface area contributed by atoms with Crippen LogP contribution in [0.15, 0.2) is 0 Å². The first-order valence-electron chi connectivity index (χ1n) is 5.45. The highest BCUT2D eigenvalue weighted by Gasteiger charge is 2.36. The quantitative estimate of drug-likeness (QED) is 0.732. The smallest absolute Gasteiger partial charge is 0.282 e. The maximum Gasteiger partial charge on any atom is 0.282 e. The van der Waals surface area contributed by atoms with E-state index in [1.165, 1.54) is 8.61 Å². The normalized spacial score (nSPS) is 23.9. The summed E-state index contributed by atoms with van der Waals surface area (Å²) in [5.41, 5.74) is 0. The molecule has 1 saturated heterocycles. The standard InChI is InChI=1S/C9H20N2O3S/c1-3-10(4-2)15(13,14)11-7-5-6-9(11)8-12/h9,12H,3-8H2,1-2H3/t9-/m1/s1. The van der Waals surface area contributed by atoms with Crippen LogP contribution in [0.3, 0.4) is 0 Å². The molecular weight excluding hydrogens is 216 g/mol. The molecule has 1 aliphatic heterocycles. The Morgan fingerprint density at radius 3 is 2.47 bits per heavy atom. The summed E-state index contributed by atoms with van der Waals surface area (Å²) in [5, 5.41) is 9.10. The van der Waals surface area contributed by atoms with Gasteiger partial charge in [0, 0.05) is 25.7 Å². The van der Waals surface area contributed by atoms with Crippen molar-refractivity contribution in [3.8, 4) is 0 Å². The predicted molar refractivity (Wildman–Crippen MR) is 58.7 cm³/mol. The van der Waals surface area contributed by atoms with Crippen molar-refractivity contribution in [1.29, 1.82) is 0 Å². The minimum atomic E-state index is -3.36. The van der Waals surface area contributed by atoms with E-state index in [2.05, 4.69) is 0 Å². The number of hydrogen-bond acceptors (Lipinski definition) is 3. The molecule has 0 radical (unpaired) electrons. The number of hydrogen-bond donors (Lipinski definition) is 1. The molecule has 1 heterocycles. The first-order chi connectivity index (χ1) is 7.07. The van der Waals surface area contributed by atoms with E-state index in [0.29, 0.717) is 19.6 Å². The highest BCUT2D eigenvalue weighted by Crippen LogP contribution is 2.22. The Hall–Kier alpha value is -0.170. The SMILES string of the molecule is CCN(CC)S(=O)(=O)N1CCC[C@@H]1CO. The van der Waals surface area contributed by atoms with E-state index in [-0.39, 0.29) is 12.6 Å². The third-order valence-electron chi connectivity index (χ3n) is 2.86. The van der Waals surface area contributed by atoms with Crippen molar-refractivity contribution in [2.45, 2.75) is 32.7 Å². The van der Waals surface area contributed by atoms with Crippen LogP contribution < -0.4 is 0 Å². The molecule has 6 heteroatoms. The summed E-state index contributed by atoms with van der Waals surface area (Å²) in [6.07, 6.45) is 1.60. The van der Waals surface area contributed by atoms with Crippen LogP contribution in [0, 0.1) is 0 Å². The molecular formula is C9H20N2O3S. The fourth-order valence-electron chi connectivity index (χ4n) is 1.99. The molecule has 0 aromatic heterocycles. The fraction of sp³-hybridized carbons (Fsp3) is 1.00. The van der Waals surface area contributed by atoms with Crippen molar-refractivity contribution in [1.82, 2.24) is 8.61 Å². The number of rotatable bonds is 5. The first kappa shape index (κ1) is 12.9. The number of aliphatic hydroxyl groups is 1. The molecule has 5 nitrogen and oxygen atoms in total. The summed E-state index contributed by atoms with van der Waals surface area (Å²) >= 11 is 0. The van der Waals surface area contributed by atoms with Crippen molar-refractivity contribution in [2.24, 2.45) is 0 Å². The van der Waals surface area contributed by atoms with Crippen LogP contribution in [0.4, 0.5) is 0 Å². The molecule has 1 fully saturated rings.